The normalized spacial score (nSPS) is 11.2. The Morgan fingerprint density at radius 2 is 2.00 bits per heavy atom. The zero-order valence-corrected chi connectivity index (χ0v) is 7.93. The van der Waals surface area contributed by atoms with E-state index in [1.807, 2.05) is 19.1 Å². The molecule has 0 aliphatic heterocycles. The molecule has 12 heavy (non-hydrogen) atoms. The van der Waals surface area contributed by atoms with Gasteiger partial charge in [-0.15, -0.1) is 0 Å². The molecule has 2 heteroatoms. The third-order valence-electron chi connectivity index (χ3n) is 1.84. The van der Waals surface area contributed by atoms with E-state index < -0.39 is 0 Å². The second kappa shape index (κ2) is 2.67. The maximum absolute atomic E-state index is 8.60. The van der Waals surface area contributed by atoms with E-state index in [-0.39, 0.29) is 5.41 Å². The van der Waals surface area contributed by atoms with Crippen LogP contribution in [0.1, 0.15) is 37.9 Å². The lowest BCUT2D eigenvalue weighted by Crippen LogP contribution is -2.10. The first-order valence-corrected chi connectivity index (χ1v) is 3.96. The maximum Gasteiger partial charge on any atom is 0.203 e. The highest BCUT2D eigenvalue weighted by Crippen LogP contribution is 2.27. The number of hydrogen-bond acceptors (Lipinski definition) is 2. The summed E-state index contributed by atoms with van der Waals surface area (Å²) in [5.74, 6) is 1.25. The van der Waals surface area contributed by atoms with E-state index in [1.165, 1.54) is 0 Å². The predicted molar refractivity (Wildman–Crippen MR) is 46.9 cm³/mol. The summed E-state index contributed by atoms with van der Waals surface area (Å²) in [6, 6.07) is 3.81. The number of hydrogen-bond donors (Lipinski definition) is 0. The van der Waals surface area contributed by atoms with Crippen molar-refractivity contribution >= 4 is 0 Å². The van der Waals surface area contributed by atoms with Crippen molar-refractivity contribution in [2.45, 2.75) is 33.1 Å². The lowest BCUT2D eigenvalue weighted by atomic mass is 9.87. The summed E-state index contributed by atoms with van der Waals surface area (Å²) in [7, 11) is 0. The van der Waals surface area contributed by atoms with E-state index in [0.717, 1.165) is 11.3 Å². The van der Waals surface area contributed by atoms with Crippen LogP contribution in [-0.4, -0.2) is 0 Å². The molecule has 0 amide bonds. The molecular formula is C10H13NO. The second-order valence-electron chi connectivity index (χ2n) is 3.94. The monoisotopic (exact) mass is 163 g/mol. The fourth-order valence-electron chi connectivity index (χ4n) is 1.28. The van der Waals surface area contributed by atoms with E-state index in [2.05, 4.69) is 20.8 Å². The lowest BCUT2D eigenvalue weighted by molar-refractivity contribution is 0.498. The second-order valence-corrected chi connectivity index (χ2v) is 3.94. The Morgan fingerprint density at radius 1 is 1.42 bits per heavy atom. The van der Waals surface area contributed by atoms with Crippen LogP contribution in [0.3, 0.4) is 0 Å². The lowest BCUT2D eigenvalue weighted by Gasteiger charge is -2.16. The predicted octanol–water partition coefficient (Wildman–Crippen LogP) is 2.76. The fraction of sp³-hybridized carbons (Fsp3) is 0.500. The summed E-state index contributed by atoms with van der Waals surface area (Å²) < 4.78 is 5.23. The molecule has 1 heterocycles. The summed E-state index contributed by atoms with van der Waals surface area (Å²) in [6.07, 6.45) is 0. The summed E-state index contributed by atoms with van der Waals surface area (Å²) in [5, 5.41) is 8.60. The van der Waals surface area contributed by atoms with Gasteiger partial charge in [0.1, 0.15) is 11.8 Å². The van der Waals surface area contributed by atoms with Gasteiger partial charge in [-0.25, -0.2) is 0 Å². The van der Waals surface area contributed by atoms with Crippen LogP contribution in [0.2, 0.25) is 0 Å². The van der Waals surface area contributed by atoms with Crippen molar-refractivity contribution in [2.24, 2.45) is 0 Å². The Labute approximate surface area is 72.8 Å². The van der Waals surface area contributed by atoms with Crippen LogP contribution in [-0.2, 0) is 5.41 Å². The third kappa shape index (κ3) is 1.50. The highest BCUT2D eigenvalue weighted by molar-refractivity contribution is 5.32. The SMILES string of the molecule is Cc1oc(C#N)cc1C(C)(C)C. The van der Waals surface area contributed by atoms with Gasteiger partial charge in [0, 0.05) is 5.56 Å². The van der Waals surface area contributed by atoms with Crippen molar-refractivity contribution < 1.29 is 4.42 Å². The van der Waals surface area contributed by atoms with Crippen molar-refractivity contribution in [1.82, 2.24) is 0 Å². The summed E-state index contributed by atoms with van der Waals surface area (Å²) in [5.41, 5.74) is 1.17. The van der Waals surface area contributed by atoms with Crippen molar-refractivity contribution in [2.75, 3.05) is 0 Å². The number of furan rings is 1. The third-order valence-corrected chi connectivity index (χ3v) is 1.84. The summed E-state index contributed by atoms with van der Waals surface area (Å²) in [4.78, 5) is 0. The highest BCUT2D eigenvalue weighted by Gasteiger charge is 2.20. The molecule has 0 spiro atoms. The van der Waals surface area contributed by atoms with Crippen LogP contribution in [0.4, 0.5) is 0 Å². The Hall–Kier alpha value is -1.23. The Balaban J connectivity index is 3.19. The van der Waals surface area contributed by atoms with Gasteiger partial charge >= 0.3 is 0 Å². The molecule has 0 unspecified atom stereocenters. The molecule has 64 valence electrons. The van der Waals surface area contributed by atoms with Crippen LogP contribution in [0.5, 0.6) is 0 Å². The molecule has 0 aliphatic carbocycles. The van der Waals surface area contributed by atoms with Gasteiger partial charge in [0.25, 0.3) is 0 Å². The number of nitrogens with zero attached hydrogens (tertiary/aromatic N) is 1. The van der Waals surface area contributed by atoms with Gasteiger partial charge in [-0.1, -0.05) is 20.8 Å². The zero-order chi connectivity index (χ0) is 9.35. The Morgan fingerprint density at radius 3 is 2.25 bits per heavy atom. The number of nitriles is 1. The molecule has 0 saturated carbocycles. The van der Waals surface area contributed by atoms with Crippen molar-refractivity contribution in [3.63, 3.8) is 0 Å². The van der Waals surface area contributed by atoms with Gasteiger partial charge in [0.05, 0.1) is 0 Å². The van der Waals surface area contributed by atoms with Crippen molar-refractivity contribution in [1.29, 1.82) is 5.26 Å². The maximum atomic E-state index is 8.60. The van der Waals surface area contributed by atoms with Crippen molar-refractivity contribution in [3.8, 4) is 6.07 Å². The molecule has 0 N–H and O–H groups in total. The summed E-state index contributed by atoms with van der Waals surface area (Å²) in [6.45, 7) is 8.20. The first-order valence-electron chi connectivity index (χ1n) is 3.96. The van der Waals surface area contributed by atoms with E-state index in [0.29, 0.717) is 5.76 Å². The average molecular weight is 163 g/mol. The molecule has 1 aromatic heterocycles. The van der Waals surface area contributed by atoms with Gasteiger partial charge in [-0.2, -0.15) is 5.26 Å². The van der Waals surface area contributed by atoms with Gasteiger partial charge in [0.15, 0.2) is 0 Å². The molecule has 1 aromatic rings. The number of aryl methyl sites for hydroxylation is 1. The minimum Gasteiger partial charge on any atom is -0.451 e. The van der Waals surface area contributed by atoms with Crippen LogP contribution in [0.25, 0.3) is 0 Å². The van der Waals surface area contributed by atoms with Crippen LogP contribution in [0, 0.1) is 18.3 Å². The molecule has 0 fully saturated rings. The summed E-state index contributed by atoms with van der Waals surface area (Å²) >= 11 is 0. The highest BCUT2D eigenvalue weighted by atomic mass is 16.3. The van der Waals surface area contributed by atoms with Gasteiger partial charge in [0.2, 0.25) is 5.76 Å². The standard InChI is InChI=1S/C10H13NO/c1-7-9(10(2,3)4)5-8(6-11)12-7/h5H,1-4H3. The Bertz CT molecular complexity index is 323. The minimum atomic E-state index is 0.0582. The van der Waals surface area contributed by atoms with Crippen molar-refractivity contribution in [3.05, 3.63) is 23.2 Å². The van der Waals surface area contributed by atoms with E-state index in [1.54, 1.807) is 0 Å². The zero-order valence-electron chi connectivity index (χ0n) is 7.93. The number of rotatable bonds is 0. The molecule has 0 saturated heterocycles. The average Bonchev–Trinajstić information content (AvgIpc) is 2.29. The molecule has 0 bridgehead atoms. The van der Waals surface area contributed by atoms with E-state index >= 15 is 0 Å². The van der Waals surface area contributed by atoms with Crippen LogP contribution in [0.15, 0.2) is 10.5 Å². The minimum absolute atomic E-state index is 0.0582. The smallest absolute Gasteiger partial charge is 0.203 e. The van der Waals surface area contributed by atoms with E-state index in [9.17, 15) is 0 Å². The molecule has 0 atom stereocenters. The first kappa shape index (κ1) is 8.86. The molecular weight excluding hydrogens is 150 g/mol. The fourth-order valence-corrected chi connectivity index (χ4v) is 1.28. The molecule has 1 rings (SSSR count). The molecule has 0 aliphatic rings. The van der Waals surface area contributed by atoms with Gasteiger partial charge < -0.3 is 4.42 Å². The van der Waals surface area contributed by atoms with Gasteiger partial charge in [-0.3, -0.25) is 0 Å². The van der Waals surface area contributed by atoms with Gasteiger partial charge in [-0.05, 0) is 18.4 Å². The van der Waals surface area contributed by atoms with Crippen LogP contribution < -0.4 is 0 Å². The van der Waals surface area contributed by atoms with Crippen LogP contribution >= 0.6 is 0 Å². The topological polar surface area (TPSA) is 36.9 Å². The van der Waals surface area contributed by atoms with E-state index in [4.69, 9.17) is 9.68 Å². The molecule has 2 nitrogen and oxygen atoms in total. The first-order chi connectivity index (χ1) is 5.45. The Kier molecular flexibility index (Phi) is 1.97. The quantitative estimate of drug-likeness (QED) is 0.589. The molecule has 0 radical (unpaired) electrons. The molecule has 0 aromatic carbocycles. The largest absolute Gasteiger partial charge is 0.451 e.